The van der Waals surface area contributed by atoms with E-state index in [1.807, 2.05) is 0 Å². The quantitative estimate of drug-likeness (QED) is 0.560. The van der Waals surface area contributed by atoms with Gasteiger partial charge >= 0.3 is 5.69 Å². The number of H-pyrrole nitrogens is 1. The zero-order valence-electron chi connectivity index (χ0n) is 13.7. The molecule has 1 aromatic carbocycles. The summed E-state index contributed by atoms with van der Waals surface area (Å²) in [6.45, 7) is 1.44. The van der Waals surface area contributed by atoms with Gasteiger partial charge in [0.05, 0.1) is 5.75 Å². The van der Waals surface area contributed by atoms with Crippen molar-refractivity contribution in [1.29, 1.82) is 0 Å². The number of hydrogen-bond acceptors (Lipinski definition) is 5. The molecule has 0 bridgehead atoms. The summed E-state index contributed by atoms with van der Waals surface area (Å²) in [5.74, 6) is -0.145. The number of hydrogen-bond donors (Lipinski definition) is 3. The summed E-state index contributed by atoms with van der Waals surface area (Å²) in [4.78, 5) is 41.4. The molecule has 1 aromatic heterocycles. The van der Waals surface area contributed by atoms with Crippen molar-refractivity contribution in [2.75, 3.05) is 16.4 Å². The van der Waals surface area contributed by atoms with E-state index in [-0.39, 0.29) is 23.3 Å². The number of carbonyl (C=O) groups excluding carboxylic acids is 2. The Kier molecular flexibility index (Phi) is 5.18. The largest absolute Gasteiger partial charge is 0.346 e. The van der Waals surface area contributed by atoms with Crippen LogP contribution < -0.4 is 16.3 Å². The standard InChI is InChI=1S/C17H18N4O3S/c1-10(22)18-11-5-7-12(8-6-11)19-15(23)9-25-16-13-3-2-4-14(13)20-17(24)21-16/h5-8H,2-4,9H2,1H3,(H,18,22)(H,19,23)(H,20,21,24). The van der Waals surface area contributed by atoms with Crippen molar-refractivity contribution >= 4 is 35.0 Å². The molecule has 8 heteroatoms. The van der Waals surface area contributed by atoms with Gasteiger partial charge in [-0.25, -0.2) is 4.79 Å². The average molecular weight is 358 g/mol. The van der Waals surface area contributed by atoms with E-state index in [0.717, 1.165) is 30.5 Å². The number of carbonyl (C=O) groups is 2. The molecular formula is C17H18N4O3S. The minimum atomic E-state index is -0.364. The number of thioether (sulfide) groups is 1. The summed E-state index contributed by atoms with van der Waals surface area (Å²) < 4.78 is 0. The molecule has 2 aromatic rings. The van der Waals surface area contributed by atoms with Crippen molar-refractivity contribution in [1.82, 2.24) is 9.97 Å². The smallest absolute Gasteiger partial charge is 0.326 e. The summed E-state index contributed by atoms with van der Waals surface area (Å²) in [5.41, 5.74) is 2.94. The van der Waals surface area contributed by atoms with Crippen LogP contribution in [0.3, 0.4) is 0 Å². The zero-order valence-corrected chi connectivity index (χ0v) is 14.5. The first-order valence-corrected chi connectivity index (χ1v) is 8.92. The lowest BCUT2D eigenvalue weighted by atomic mass is 10.3. The number of amides is 2. The second-order valence-electron chi connectivity index (χ2n) is 5.75. The molecular weight excluding hydrogens is 340 g/mol. The third-order valence-corrected chi connectivity index (χ3v) is 4.78. The van der Waals surface area contributed by atoms with E-state index in [4.69, 9.17) is 0 Å². The fourth-order valence-corrected chi connectivity index (χ4v) is 3.61. The molecule has 0 fully saturated rings. The highest BCUT2D eigenvalue weighted by atomic mass is 32.2. The van der Waals surface area contributed by atoms with Crippen molar-refractivity contribution in [3.63, 3.8) is 0 Å². The van der Waals surface area contributed by atoms with E-state index < -0.39 is 0 Å². The summed E-state index contributed by atoms with van der Waals surface area (Å²) in [6, 6.07) is 6.87. The van der Waals surface area contributed by atoms with Crippen molar-refractivity contribution in [3.8, 4) is 0 Å². The molecule has 3 rings (SSSR count). The number of benzene rings is 1. The van der Waals surface area contributed by atoms with Crippen LogP contribution in [0.25, 0.3) is 0 Å². The van der Waals surface area contributed by atoms with Crippen molar-refractivity contribution < 1.29 is 9.59 Å². The Morgan fingerprint density at radius 1 is 1.16 bits per heavy atom. The van der Waals surface area contributed by atoms with Gasteiger partial charge in [0.25, 0.3) is 0 Å². The lowest BCUT2D eigenvalue weighted by Gasteiger charge is -2.08. The van der Waals surface area contributed by atoms with Crippen LogP contribution in [0, 0.1) is 0 Å². The van der Waals surface area contributed by atoms with Crippen LogP contribution in [-0.4, -0.2) is 27.5 Å². The molecule has 7 nitrogen and oxygen atoms in total. The van der Waals surface area contributed by atoms with Crippen molar-refractivity contribution in [2.24, 2.45) is 0 Å². The van der Waals surface area contributed by atoms with Gasteiger partial charge in [-0.05, 0) is 43.5 Å². The van der Waals surface area contributed by atoms with Crippen molar-refractivity contribution in [2.45, 2.75) is 31.2 Å². The SMILES string of the molecule is CC(=O)Nc1ccc(NC(=O)CSc2nc(=O)[nH]c3c2CCC3)cc1. The van der Waals surface area contributed by atoms with Gasteiger partial charge in [-0.15, -0.1) is 0 Å². The normalized spacial score (nSPS) is 12.5. The van der Waals surface area contributed by atoms with Crippen LogP contribution in [0.1, 0.15) is 24.6 Å². The summed E-state index contributed by atoms with van der Waals surface area (Å²) in [7, 11) is 0. The lowest BCUT2D eigenvalue weighted by Crippen LogP contribution is -2.17. The number of nitrogens with zero attached hydrogens (tertiary/aromatic N) is 1. The number of aromatic amines is 1. The molecule has 0 unspecified atom stereocenters. The van der Waals surface area contributed by atoms with Crippen molar-refractivity contribution in [3.05, 3.63) is 46.0 Å². The summed E-state index contributed by atoms with van der Waals surface area (Å²) in [6.07, 6.45) is 2.73. The van der Waals surface area contributed by atoms with Crippen LogP contribution >= 0.6 is 11.8 Å². The predicted molar refractivity (Wildman–Crippen MR) is 97.0 cm³/mol. The minimum absolute atomic E-state index is 0.147. The Balaban J connectivity index is 1.58. The Morgan fingerprint density at radius 3 is 2.52 bits per heavy atom. The molecule has 3 N–H and O–H groups in total. The van der Waals surface area contributed by atoms with E-state index in [2.05, 4.69) is 20.6 Å². The molecule has 2 amide bonds. The molecule has 0 saturated heterocycles. The fraction of sp³-hybridized carbons (Fsp3) is 0.294. The second kappa shape index (κ2) is 7.52. The van der Waals surface area contributed by atoms with E-state index in [1.54, 1.807) is 24.3 Å². The minimum Gasteiger partial charge on any atom is -0.326 e. The molecule has 0 spiro atoms. The van der Waals surface area contributed by atoms with Gasteiger partial charge < -0.3 is 15.6 Å². The van der Waals surface area contributed by atoms with Crippen LogP contribution in [0.15, 0.2) is 34.1 Å². The Bertz CT molecular complexity index is 861. The predicted octanol–water partition coefficient (Wildman–Crippen LogP) is 1.95. The first-order chi connectivity index (χ1) is 12.0. The number of nitrogens with one attached hydrogen (secondary N) is 3. The Labute approximate surface area is 148 Å². The van der Waals surface area contributed by atoms with Crippen LogP contribution in [0.4, 0.5) is 11.4 Å². The molecule has 0 aliphatic heterocycles. The Morgan fingerprint density at radius 2 is 1.84 bits per heavy atom. The van der Waals surface area contributed by atoms with E-state index >= 15 is 0 Å². The first kappa shape index (κ1) is 17.2. The van der Waals surface area contributed by atoms with Crippen LogP contribution in [-0.2, 0) is 22.4 Å². The first-order valence-electron chi connectivity index (χ1n) is 7.93. The van der Waals surface area contributed by atoms with Gasteiger partial charge in [-0.3, -0.25) is 9.59 Å². The van der Waals surface area contributed by atoms with Gasteiger partial charge in [-0.2, -0.15) is 4.98 Å². The maximum absolute atomic E-state index is 12.1. The number of fused-ring (bicyclic) bond motifs is 1. The van der Waals surface area contributed by atoms with E-state index in [1.165, 1.54) is 18.7 Å². The third kappa shape index (κ3) is 4.48. The molecule has 0 radical (unpaired) electrons. The third-order valence-electron chi connectivity index (χ3n) is 3.77. The van der Waals surface area contributed by atoms with Gasteiger partial charge in [0.2, 0.25) is 11.8 Å². The van der Waals surface area contributed by atoms with Crippen LogP contribution in [0.5, 0.6) is 0 Å². The van der Waals surface area contributed by atoms with Gasteiger partial charge in [0.15, 0.2) is 0 Å². The monoisotopic (exact) mass is 358 g/mol. The van der Waals surface area contributed by atoms with E-state index in [9.17, 15) is 14.4 Å². The topological polar surface area (TPSA) is 104 Å². The number of aryl methyl sites for hydroxylation is 1. The molecule has 25 heavy (non-hydrogen) atoms. The maximum Gasteiger partial charge on any atom is 0.346 e. The molecule has 1 aliphatic rings. The van der Waals surface area contributed by atoms with E-state index in [0.29, 0.717) is 16.4 Å². The summed E-state index contributed by atoms with van der Waals surface area (Å²) in [5, 5.41) is 6.10. The van der Waals surface area contributed by atoms with Crippen LogP contribution in [0.2, 0.25) is 0 Å². The molecule has 1 heterocycles. The zero-order chi connectivity index (χ0) is 17.8. The highest BCUT2D eigenvalue weighted by molar-refractivity contribution is 8.00. The number of aromatic nitrogens is 2. The lowest BCUT2D eigenvalue weighted by molar-refractivity contribution is -0.114. The number of anilines is 2. The number of rotatable bonds is 5. The second-order valence-corrected chi connectivity index (χ2v) is 6.72. The fourth-order valence-electron chi connectivity index (χ4n) is 2.72. The maximum atomic E-state index is 12.1. The highest BCUT2D eigenvalue weighted by Gasteiger charge is 2.18. The molecule has 1 aliphatic carbocycles. The van der Waals surface area contributed by atoms with Gasteiger partial charge in [0.1, 0.15) is 5.03 Å². The van der Waals surface area contributed by atoms with Gasteiger partial charge in [0, 0.05) is 29.6 Å². The average Bonchev–Trinajstić information content (AvgIpc) is 3.02. The molecule has 130 valence electrons. The highest BCUT2D eigenvalue weighted by Crippen LogP contribution is 2.27. The molecule has 0 atom stereocenters. The molecule has 0 saturated carbocycles. The summed E-state index contributed by atoms with van der Waals surface area (Å²) >= 11 is 1.28. The Hall–Kier alpha value is -2.61. The van der Waals surface area contributed by atoms with Gasteiger partial charge in [-0.1, -0.05) is 11.8 Å².